The standard InChI is InChI=1S/C15H26N2O2/c18-15(13-2-1-3-13)16-10-12-4-7-17(8-5-12)14-6-9-19-11-14/h12-14H,1-11H2,(H,16,18). The number of hydrogen-bond acceptors (Lipinski definition) is 3. The van der Waals surface area contributed by atoms with E-state index in [-0.39, 0.29) is 0 Å². The van der Waals surface area contributed by atoms with E-state index >= 15 is 0 Å². The van der Waals surface area contributed by atoms with Gasteiger partial charge in [0.25, 0.3) is 0 Å². The third-order valence-electron chi connectivity index (χ3n) is 5.11. The molecule has 1 amide bonds. The fraction of sp³-hybridized carbons (Fsp3) is 0.933. The van der Waals surface area contributed by atoms with Crippen LogP contribution in [0.15, 0.2) is 0 Å². The Kier molecular flexibility index (Phi) is 4.38. The summed E-state index contributed by atoms with van der Waals surface area (Å²) in [6.07, 6.45) is 7.09. The van der Waals surface area contributed by atoms with Crippen molar-refractivity contribution in [3.05, 3.63) is 0 Å². The molecule has 0 aromatic rings. The Hall–Kier alpha value is -0.610. The van der Waals surface area contributed by atoms with Crippen LogP contribution in [0.4, 0.5) is 0 Å². The summed E-state index contributed by atoms with van der Waals surface area (Å²) in [7, 11) is 0. The molecule has 3 fully saturated rings. The van der Waals surface area contributed by atoms with Crippen LogP contribution in [0.5, 0.6) is 0 Å². The van der Waals surface area contributed by atoms with Gasteiger partial charge in [0.15, 0.2) is 0 Å². The van der Waals surface area contributed by atoms with Gasteiger partial charge in [-0.05, 0) is 51.1 Å². The highest BCUT2D eigenvalue weighted by molar-refractivity contribution is 5.79. The van der Waals surface area contributed by atoms with Crippen molar-refractivity contribution in [1.82, 2.24) is 10.2 Å². The van der Waals surface area contributed by atoms with Gasteiger partial charge in [-0.2, -0.15) is 0 Å². The highest BCUT2D eigenvalue weighted by atomic mass is 16.5. The first-order valence-electron chi connectivity index (χ1n) is 7.92. The molecule has 0 aromatic heterocycles. The number of piperidine rings is 1. The second-order valence-corrected chi connectivity index (χ2v) is 6.37. The molecule has 2 aliphatic heterocycles. The zero-order chi connectivity index (χ0) is 13.1. The SMILES string of the molecule is O=C(NCC1CCN(C2CCOC2)CC1)C1CCC1. The number of nitrogens with one attached hydrogen (secondary N) is 1. The Balaban J connectivity index is 1.34. The number of hydrogen-bond donors (Lipinski definition) is 1. The van der Waals surface area contributed by atoms with E-state index in [1.54, 1.807) is 0 Å². The average Bonchev–Trinajstić information content (AvgIpc) is 2.89. The van der Waals surface area contributed by atoms with Gasteiger partial charge in [0.2, 0.25) is 5.91 Å². The number of rotatable bonds is 4. The summed E-state index contributed by atoms with van der Waals surface area (Å²) in [5.74, 6) is 1.32. The van der Waals surface area contributed by atoms with E-state index < -0.39 is 0 Å². The van der Waals surface area contributed by atoms with Crippen molar-refractivity contribution in [2.24, 2.45) is 11.8 Å². The van der Waals surface area contributed by atoms with Gasteiger partial charge in [-0.3, -0.25) is 9.69 Å². The summed E-state index contributed by atoms with van der Waals surface area (Å²) in [6, 6.07) is 0.658. The maximum atomic E-state index is 11.8. The second-order valence-electron chi connectivity index (χ2n) is 6.37. The van der Waals surface area contributed by atoms with Crippen molar-refractivity contribution >= 4 is 5.91 Å². The van der Waals surface area contributed by atoms with Crippen LogP contribution in [-0.2, 0) is 9.53 Å². The largest absolute Gasteiger partial charge is 0.380 e. The monoisotopic (exact) mass is 266 g/mol. The lowest BCUT2D eigenvalue weighted by molar-refractivity contribution is -0.127. The van der Waals surface area contributed by atoms with Gasteiger partial charge in [0.1, 0.15) is 0 Å². The molecule has 19 heavy (non-hydrogen) atoms. The highest BCUT2D eigenvalue weighted by Gasteiger charge is 2.29. The van der Waals surface area contributed by atoms with Crippen molar-refractivity contribution in [2.45, 2.75) is 44.6 Å². The lowest BCUT2D eigenvalue weighted by Crippen LogP contribution is -2.44. The molecule has 1 N–H and O–H groups in total. The second kappa shape index (κ2) is 6.23. The van der Waals surface area contributed by atoms with Crippen LogP contribution >= 0.6 is 0 Å². The number of likely N-dealkylation sites (tertiary alicyclic amines) is 1. The number of amides is 1. The normalized spacial score (nSPS) is 30.2. The van der Waals surface area contributed by atoms with Gasteiger partial charge in [-0.1, -0.05) is 6.42 Å². The Morgan fingerprint density at radius 2 is 1.95 bits per heavy atom. The van der Waals surface area contributed by atoms with E-state index in [1.165, 1.54) is 38.8 Å². The predicted molar refractivity (Wildman–Crippen MR) is 73.9 cm³/mol. The zero-order valence-corrected chi connectivity index (χ0v) is 11.8. The van der Waals surface area contributed by atoms with E-state index in [0.29, 0.717) is 23.8 Å². The van der Waals surface area contributed by atoms with Gasteiger partial charge in [0.05, 0.1) is 6.61 Å². The molecule has 4 nitrogen and oxygen atoms in total. The number of carbonyl (C=O) groups is 1. The summed E-state index contributed by atoms with van der Waals surface area (Å²) in [6.45, 7) is 5.10. The van der Waals surface area contributed by atoms with Gasteiger partial charge >= 0.3 is 0 Å². The summed E-state index contributed by atoms with van der Waals surface area (Å²) < 4.78 is 5.46. The van der Waals surface area contributed by atoms with Crippen LogP contribution in [0.1, 0.15) is 38.5 Å². The number of carbonyl (C=O) groups excluding carboxylic acids is 1. The molecular formula is C15H26N2O2. The minimum atomic E-state index is 0.304. The van der Waals surface area contributed by atoms with Crippen molar-refractivity contribution in [3.63, 3.8) is 0 Å². The van der Waals surface area contributed by atoms with Crippen LogP contribution in [0.25, 0.3) is 0 Å². The van der Waals surface area contributed by atoms with Crippen molar-refractivity contribution < 1.29 is 9.53 Å². The molecule has 1 aliphatic carbocycles. The summed E-state index contributed by atoms with van der Waals surface area (Å²) in [5, 5.41) is 3.16. The first kappa shape index (κ1) is 13.4. The minimum Gasteiger partial charge on any atom is -0.380 e. The fourth-order valence-corrected chi connectivity index (χ4v) is 3.39. The molecule has 108 valence electrons. The molecule has 2 heterocycles. The fourth-order valence-electron chi connectivity index (χ4n) is 3.39. The lowest BCUT2D eigenvalue weighted by Gasteiger charge is -2.35. The number of ether oxygens (including phenoxy) is 1. The van der Waals surface area contributed by atoms with Crippen LogP contribution in [0, 0.1) is 11.8 Å². The lowest BCUT2D eigenvalue weighted by atomic mass is 9.84. The predicted octanol–water partition coefficient (Wildman–Crippen LogP) is 1.40. The van der Waals surface area contributed by atoms with Gasteiger partial charge in [-0.25, -0.2) is 0 Å². The average molecular weight is 266 g/mol. The van der Waals surface area contributed by atoms with Crippen molar-refractivity contribution in [3.8, 4) is 0 Å². The first-order chi connectivity index (χ1) is 9.33. The molecular weight excluding hydrogens is 240 g/mol. The molecule has 4 heteroatoms. The first-order valence-corrected chi connectivity index (χ1v) is 7.92. The molecule has 0 spiro atoms. The minimum absolute atomic E-state index is 0.304. The summed E-state index contributed by atoms with van der Waals surface area (Å²) >= 11 is 0. The molecule has 0 bridgehead atoms. The molecule has 0 aromatic carbocycles. The third-order valence-corrected chi connectivity index (χ3v) is 5.11. The Morgan fingerprint density at radius 1 is 1.16 bits per heavy atom. The Labute approximate surface area is 115 Å². The van der Waals surface area contributed by atoms with E-state index in [2.05, 4.69) is 10.2 Å². The Morgan fingerprint density at radius 3 is 2.53 bits per heavy atom. The smallest absolute Gasteiger partial charge is 0.223 e. The molecule has 3 aliphatic rings. The van der Waals surface area contributed by atoms with E-state index in [4.69, 9.17) is 4.74 Å². The molecule has 1 saturated carbocycles. The Bertz CT molecular complexity index is 303. The van der Waals surface area contributed by atoms with E-state index in [1.807, 2.05) is 0 Å². The topological polar surface area (TPSA) is 41.6 Å². The summed E-state index contributed by atoms with van der Waals surface area (Å²) in [5.41, 5.74) is 0. The third kappa shape index (κ3) is 3.29. The van der Waals surface area contributed by atoms with Gasteiger partial charge < -0.3 is 10.1 Å². The van der Waals surface area contributed by atoms with Crippen LogP contribution < -0.4 is 5.32 Å². The number of nitrogens with zero attached hydrogens (tertiary/aromatic N) is 1. The molecule has 2 saturated heterocycles. The molecule has 1 unspecified atom stereocenters. The van der Waals surface area contributed by atoms with Gasteiger partial charge in [0, 0.05) is 25.1 Å². The van der Waals surface area contributed by atoms with E-state index in [0.717, 1.165) is 32.6 Å². The molecule has 0 radical (unpaired) electrons. The quantitative estimate of drug-likeness (QED) is 0.836. The maximum absolute atomic E-state index is 11.8. The van der Waals surface area contributed by atoms with Crippen LogP contribution in [0.2, 0.25) is 0 Å². The van der Waals surface area contributed by atoms with Crippen molar-refractivity contribution in [1.29, 1.82) is 0 Å². The summed E-state index contributed by atoms with van der Waals surface area (Å²) in [4.78, 5) is 14.4. The maximum Gasteiger partial charge on any atom is 0.223 e. The van der Waals surface area contributed by atoms with E-state index in [9.17, 15) is 4.79 Å². The van der Waals surface area contributed by atoms with Crippen molar-refractivity contribution in [2.75, 3.05) is 32.8 Å². The molecule has 3 rings (SSSR count). The van der Waals surface area contributed by atoms with Crippen LogP contribution in [0.3, 0.4) is 0 Å². The van der Waals surface area contributed by atoms with Crippen LogP contribution in [-0.4, -0.2) is 49.7 Å². The van der Waals surface area contributed by atoms with Gasteiger partial charge in [-0.15, -0.1) is 0 Å². The highest BCUT2D eigenvalue weighted by Crippen LogP contribution is 2.26. The zero-order valence-electron chi connectivity index (χ0n) is 11.8. The molecule has 1 atom stereocenters.